The number of methoxy groups -OCH3 is 1. The average Bonchev–Trinajstić information content (AvgIpc) is 2.70. The predicted molar refractivity (Wildman–Crippen MR) is 102 cm³/mol. The quantitative estimate of drug-likeness (QED) is 0.847. The lowest BCUT2D eigenvalue weighted by Crippen LogP contribution is -2.40. The molecule has 0 aliphatic carbocycles. The van der Waals surface area contributed by atoms with Crippen molar-refractivity contribution in [3.05, 3.63) is 53.6 Å². The topological polar surface area (TPSA) is 84.9 Å². The van der Waals surface area contributed by atoms with Crippen molar-refractivity contribution in [3.63, 3.8) is 0 Å². The van der Waals surface area contributed by atoms with E-state index in [-0.39, 0.29) is 10.8 Å². The van der Waals surface area contributed by atoms with Crippen molar-refractivity contribution in [1.82, 2.24) is 4.31 Å². The summed E-state index contributed by atoms with van der Waals surface area (Å²) in [5, 5.41) is 2.79. The Morgan fingerprint density at radius 2 is 1.85 bits per heavy atom. The molecular weight excluding hydrogens is 368 g/mol. The van der Waals surface area contributed by atoms with Crippen molar-refractivity contribution in [1.29, 1.82) is 0 Å². The second kappa shape index (κ2) is 8.08. The van der Waals surface area contributed by atoms with Crippen LogP contribution in [-0.4, -0.2) is 52.0 Å². The number of amides is 1. The molecule has 27 heavy (non-hydrogen) atoms. The minimum Gasteiger partial charge on any atom is -0.496 e. The molecule has 1 heterocycles. The summed E-state index contributed by atoms with van der Waals surface area (Å²) in [6, 6.07) is 11.6. The van der Waals surface area contributed by atoms with E-state index in [0.717, 1.165) is 5.56 Å². The summed E-state index contributed by atoms with van der Waals surface area (Å²) < 4.78 is 37.5. The first kappa shape index (κ1) is 19.3. The number of benzene rings is 2. The number of carbonyl (C=O) groups excluding carboxylic acids is 1. The van der Waals surface area contributed by atoms with Gasteiger partial charge in [0.05, 0.1) is 30.8 Å². The number of ether oxygens (including phenoxy) is 2. The van der Waals surface area contributed by atoms with E-state index in [1.807, 2.05) is 6.92 Å². The molecule has 144 valence electrons. The first-order chi connectivity index (χ1) is 12.9. The Balaban J connectivity index is 1.88. The van der Waals surface area contributed by atoms with Gasteiger partial charge in [-0.25, -0.2) is 8.42 Å². The molecule has 0 spiro atoms. The molecule has 1 aliphatic heterocycles. The van der Waals surface area contributed by atoms with Gasteiger partial charge in [-0.2, -0.15) is 4.31 Å². The van der Waals surface area contributed by atoms with E-state index in [4.69, 9.17) is 9.47 Å². The maximum absolute atomic E-state index is 12.8. The highest BCUT2D eigenvalue weighted by Crippen LogP contribution is 2.25. The van der Waals surface area contributed by atoms with Crippen LogP contribution >= 0.6 is 0 Å². The van der Waals surface area contributed by atoms with Crippen molar-refractivity contribution >= 4 is 21.6 Å². The van der Waals surface area contributed by atoms with E-state index in [2.05, 4.69) is 5.32 Å². The van der Waals surface area contributed by atoms with Crippen LogP contribution in [0.15, 0.2) is 47.4 Å². The van der Waals surface area contributed by atoms with Crippen LogP contribution in [0.5, 0.6) is 5.75 Å². The van der Waals surface area contributed by atoms with Gasteiger partial charge in [0.2, 0.25) is 10.0 Å². The highest BCUT2D eigenvalue weighted by molar-refractivity contribution is 7.89. The molecule has 0 unspecified atom stereocenters. The van der Waals surface area contributed by atoms with E-state index >= 15 is 0 Å². The minimum atomic E-state index is -3.64. The highest BCUT2D eigenvalue weighted by atomic mass is 32.2. The number of hydrogen-bond acceptors (Lipinski definition) is 5. The number of aryl methyl sites for hydroxylation is 1. The van der Waals surface area contributed by atoms with Crippen molar-refractivity contribution < 1.29 is 22.7 Å². The standard InChI is InChI=1S/C19H22N2O5S/c1-14-7-8-15(27(23,24)21-9-11-26-12-10-21)13-17(14)20-19(22)16-5-3-4-6-18(16)25-2/h3-8,13H,9-12H2,1-2H3,(H,20,22). The molecule has 0 radical (unpaired) electrons. The van der Waals surface area contributed by atoms with Crippen LogP contribution in [0.4, 0.5) is 5.69 Å². The monoisotopic (exact) mass is 390 g/mol. The molecule has 2 aromatic carbocycles. The Labute approximate surface area is 158 Å². The van der Waals surface area contributed by atoms with Gasteiger partial charge in [0.15, 0.2) is 0 Å². The second-order valence-corrected chi connectivity index (χ2v) is 8.09. The number of carbonyl (C=O) groups is 1. The van der Waals surface area contributed by atoms with E-state index < -0.39 is 10.0 Å². The molecule has 7 nitrogen and oxygen atoms in total. The number of anilines is 1. The van der Waals surface area contributed by atoms with Crippen molar-refractivity contribution in [2.45, 2.75) is 11.8 Å². The molecule has 2 aromatic rings. The summed E-state index contributed by atoms with van der Waals surface area (Å²) in [4.78, 5) is 12.8. The zero-order chi connectivity index (χ0) is 19.4. The van der Waals surface area contributed by atoms with Gasteiger partial charge in [-0.15, -0.1) is 0 Å². The molecule has 0 bridgehead atoms. The maximum atomic E-state index is 12.8. The van der Waals surface area contributed by atoms with Crippen molar-refractivity contribution in [3.8, 4) is 5.75 Å². The Morgan fingerprint density at radius 3 is 2.56 bits per heavy atom. The molecule has 1 saturated heterocycles. The Hall–Kier alpha value is -2.42. The molecule has 0 atom stereocenters. The van der Waals surface area contributed by atoms with Gasteiger partial charge in [-0.05, 0) is 36.8 Å². The van der Waals surface area contributed by atoms with Crippen LogP contribution in [0.1, 0.15) is 15.9 Å². The van der Waals surface area contributed by atoms with E-state index in [0.29, 0.717) is 43.3 Å². The minimum absolute atomic E-state index is 0.144. The van der Waals surface area contributed by atoms with Crippen LogP contribution in [0.25, 0.3) is 0 Å². The first-order valence-corrected chi connectivity index (χ1v) is 10.0. The molecule has 1 fully saturated rings. The number of nitrogens with zero attached hydrogens (tertiary/aromatic N) is 1. The molecule has 0 aromatic heterocycles. The molecule has 8 heteroatoms. The summed E-state index contributed by atoms with van der Waals surface area (Å²) in [6.07, 6.45) is 0. The molecule has 0 saturated carbocycles. The fourth-order valence-electron chi connectivity index (χ4n) is 2.85. The van der Waals surface area contributed by atoms with E-state index in [1.54, 1.807) is 36.4 Å². The van der Waals surface area contributed by atoms with Gasteiger partial charge in [0, 0.05) is 18.8 Å². The zero-order valence-electron chi connectivity index (χ0n) is 15.3. The van der Waals surface area contributed by atoms with Gasteiger partial charge in [0.25, 0.3) is 5.91 Å². The zero-order valence-corrected chi connectivity index (χ0v) is 16.1. The molecule has 1 aliphatic rings. The van der Waals surface area contributed by atoms with Gasteiger partial charge in [-0.3, -0.25) is 4.79 Å². The number of hydrogen-bond donors (Lipinski definition) is 1. The van der Waals surface area contributed by atoms with E-state index in [9.17, 15) is 13.2 Å². The van der Waals surface area contributed by atoms with Gasteiger partial charge >= 0.3 is 0 Å². The van der Waals surface area contributed by atoms with Gasteiger partial charge in [0.1, 0.15) is 5.75 Å². The summed E-state index contributed by atoms with van der Waals surface area (Å²) in [6.45, 7) is 3.20. The number of para-hydroxylation sites is 1. The van der Waals surface area contributed by atoms with Crippen LogP contribution in [-0.2, 0) is 14.8 Å². The van der Waals surface area contributed by atoms with Crippen LogP contribution in [0.3, 0.4) is 0 Å². The fraction of sp³-hybridized carbons (Fsp3) is 0.316. The first-order valence-electron chi connectivity index (χ1n) is 8.56. The van der Waals surface area contributed by atoms with Crippen LogP contribution in [0.2, 0.25) is 0 Å². The van der Waals surface area contributed by atoms with Gasteiger partial charge in [-0.1, -0.05) is 18.2 Å². The third-order valence-electron chi connectivity index (χ3n) is 4.42. The number of morpholine rings is 1. The van der Waals surface area contributed by atoms with Crippen molar-refractivity contribution in [2.24, 2.45) is 0 Å². The summed E-state index contributed by atoms with van der Waals surface area (Å²) in [5.74, 6) is 0.0845. The van der Waals surface area contributed by atoms with Crippen molar-refractivity contribution in [2.75, 3.05) is 38.7 Å². The Bertz CT molecular complexity index is 937. The third-order valence-corrected chi connectivity index (χ3v) is 6.31. The summed E-state index contributed by atoms with van der Waals surface area (Å²) >= 11 is 0. The summed E-state index contributed by atoms with van der Waals surface area (Å²) in [7, 11) is -2.14. The summed E-state index contributed by atoms with van der Waals surface area (Å²) in [5.41, 5.74) is 1.58. The fourth-order valence-corrected chi connectivity index (χ4v) is 4.29. The lowest BCUT2D eigenvalue weighted by Gasteiger charge is -2.26. The lowest BCUT2D eigenvalue weighted by atomic mass is 10.1. The smallest absolute Gasteiger partial charge is 0.259 e. The highest BCUT2D eigenvalue weighted by Gasteiger charge is 2.27. The molecular formula is C19H22N2O5S. The predicted octanol–water partition coefficient (Wildman–Crippen LogP) is 2.28. The largest absolute Gasteiger partial charge is 0.496 e. The molecule has 1 N–H and O–H groups in total. The Kier molecular flexibility index (Phi) is 5.79. The second-order valence-electron chi connectivity index (χ2n) is 6.15. The normalized spacial score (nSPS) is 15.3. The molecule has 3 rings (SSSR count). The van der Waals surface area contributed by atoms with Crippen LogP contribution in [0, 0.1) is 6.92 Å². The number of rotatable bonds is 5. The third kappa shape index (κ3) is 4.13. The molecule has 1 amide bonds. The average molecular weight is 390 g/mol. The number of nitrogens with one attached hydrogen (secondary N) is 1. The number of sulfonamides is 1. The SMILES string of the molecule is COc1ccccc1C(=O)Nc1cc(S(=O)(=O)N2CCOCC2)ccc1C. The van der Waals surface area contributed by atoms with Crippen LogP contribution < -0.4 is 10.1 Å². The van der Waals surface area contributed by atoms with E-state index in [1.165, 1.54) is 17.5 Å². The van der Waals surface area contributed by atoms with Gasteiger partial charge < -0.3 is 14.8 Å². The maximum Gasteiger partial charge on any atom is 0.259 e. The Morgan fingerprint density at radius 1 is 1.15 bits per heavy atom. The lowest BCUT2D eigenvalue weighted by molar-refractivity contribution is 0.0730.